The second kappa shape index (κ2) is 7.79. The molecular weight excluding hydrogens is 326 g/mol. The summed E-state index contributed by atoms with van der Waals surface area (Å²) in [7, 11) is -3.58. The van der Waals surface area contributed by atoms with Crippen LogP contribution in [-0.4, -0.2) is 32.7 Å². The van der Waals surface area contributed by atoms with Gasteiger partial charge in [-0.3, -0.25) is 14.5 Å². The third-order valence-corrected chi connectivity index (χ3v) is 5.16. The summed E-state index contributed by atoms with van der Waals surface area (Å²) >= 11 is 0. The van der Waals surface area contributed by atoms with E-state index in [1.54, 1.807) is 24.3 Å². The topological polar surface area (TPSA) is 87.6 Å². The molecule has 0 aromatic heterocycles. The van der Waals surface area contributed by atoms with Crippen LogP contribution in [-0.2, 0) is 14.8 Å². The highest BCUT2D eigenvalue weighted by Gasteiger charge is 2.31. The van der Waals surface area contributed by atoms with Crippen LogP contribution in [0.4, 0.5) is 0 Å². The fourth-order valence-electron chi connectivity index (χ4n) is 2.46. The normalized spacial score (nSPS) is 18.2. The van der Waals surface area contributed by atoms with Gasteiger partial charge in [0, 0.05) is 12.1 Å². The standard InChI is InChI=1S/C17H25N3O3S/c1-4-5-9-14(17(21)18-11-12(2)3)19-16-13-8-6-7-10-15(13)24(22,23)20-16/h6-8,10,12,14H,4-5,9,11H2,1-3H3,(H,18,21)(H,19,20). The molecule has 0 fully saturated rings. The van der Waals surface area contributed by atoms with Crippen molar-refractivity contribution in [3.05, 3.63) is 29.8 Å². The second-order valence-electron chi connectivity index (χ2n) is 6.38. The summed E-state index contributed by atoms with van der Waals surface area (Å²) in [5, 5.41) is 2.89. The van der Waals surface area contributed by atoms with E-state index in [-0.39, 0.29) is 16.6 Å². The third kappa shape index (κ3) is 4.35. The molecule has 0 saturated carbocycles. The Hall–Kier alpha value is -1.89. The maximum Gasteiger partial charge on any atom is 0.263 e. The van der Waals surface area contributed by atoms with Gasteiger partial charge in [0.05, 0.1) is 4.90 Å². The Bertz CT molecular complexity index is 726. The van der Waals surface area contributed by atoms with E-state index in [0.29, 0.717) is 24.4 Å². The number of amides is 1. The van der Waals surface area contributed by atoms with Crippen LogP contribution >= 0.6 is 0 Å². The van der Waals surface area contributed by atoms with Crippen LogP contribution in [0.1, 0.15) is 45.6 Å². The monoisotopic (exact) mass is 351 g/mol. The van der Waals surface area contributed by atoms with Crippen molar-refractivity contribution >= 4 is 21.8 Å². The van der Waals surface area contributed by atoms with Crippen LogP contribution in [0.15, 0.2) is 34.2 Å². The number of nitrogens with one attached hydrogen (secondary N) is 2. The summed E-state index contributed by atoms with van der Waals surface area (Å²) in [5.41, 5.74) is 0.524. The Balaban J connectivity index is 2.28. The highest BCUT2D eigenvalue weighted by atomic mass is 32.2. The third-order valence-electron chi connectivity index (χ3n) is 3.77. The molecule has 0 bridgehead atoms. The minimum Gasteiger partial charge on any atom is -0.354 e. The van der Waals surface area contributed by atoms with Crippen molar-refractivity contribution in [3.63, 3.8) is 0 Å². The summed E-state index contributed by atoms with van der Waals surface area (Å²) in [6.07, 6.45) is 2.39. The number of fused-ring (bicyclic) bond motifs is 1. The molecule has 0 radical (unpaired) electrons. The number of carbonyl (C=O) groups is 1. The van der Waals surface area contributed by atoms with Gasteiger partial charge >= 0.3 is 0 Å². The molecule has 1 heterocycles. The van der Waals surface area contributed by atoms with Crippen LogP contribution in [0, 0.1) is 5.92 Å². The number of hydrogen-bond acceptors (Lipinski definition) is 4. The number of amidine groups is 1. The van der Waals surface area contributed by atoms with E-state index in [9.17, 15) is 13.2 Å². The van der Waals surface area contributed by atoms with Crippen molar-refractivity contribution in [3.8, 4) is 0 Å². The van der Waals surface area contributed by atoms with Crippen molar-refractivity contribution in [1.29, 1.82) is 0 Å². The Morgan fingerprint density at radius 2 is 2.00 bits per heavy atom. The molecule has 1 unspecified atom stereocenters. The number of carbonyl (C=O) groups excluding carboxylic acids is 1. The molecule has 24 heavy (non-hydrogen) atoms. The Kier molecular flexibility index (Phi) is 5.99. The van der Waals surface area contributed by atoms with Crippen molar-refractivity contribution < 1.29 is 13.2 Å². The van der Waals surface area contributed by atoms with Gasteiger partial charge in [0.2, 0.25) is 5.91 Å². The van der Waals surface area contributed by atoms with Gasteiger partial charge < -0.3 is 5.32 Å². The zero-order chi connectivity index (χ0) is 17.7. The molecule has 1 atom stereocenters. The number of aliphatic imine (C=N–C) groups is 1. The summed E-state index contributed by atoms with van der Waals surface area (Å²) in [6.45, 7) is 6.67. The number of hydrogen-bond donors (Lipinski definition) is 2. The molecule has 0 spiro atoms. The van der Waals surface area contributed by atoms with Gasteiger partial charge in [-0.25, -0.2) is 8.42 Å². The average Bonchev–Trinajstić information content (AvgIpc) is 2.80. The minimum absolute atomic E-state index is 0.159. The van der Waals surface area contributed by atoms with Crippen molar-refractivity contribution in [2.24, 2.45) is 10.9 Å². The molecular formula is C17H25N3O3S. The smallest absolute Gasteiger partial charge is 0.263 e. The van der Waals surface area contributed by atoms with Crippen LogP contribution in [0.2, 0.25) is 0 Å². The molecule has 0 saturated heterocycles. The summed E-state index contributed by atoms with van der Waals surface area (Å²) in [5.74, 6) is 0.443. The van der Waals surface area contributed by atoms with Crippen LogP contribution in [0.25, 0.3) is 0 Å². The Morgan fingerprint density at radius 3 is 2.67 bits per heavy atom. The molecule has 132 valence electrons. The summed E-state index contributed by atoms with van der Waals surface area (Å²) < 4.78 is 26.8. The molecule has 0 aliphatic carbocycles. The zero-order valence-electron chi connectivity index (χ0n) is 14.4. The number of rotatable bonds is 7. The lowest BCUT2D eigenvalue weighted by Crippen LogP contribution is -2.37. The lowest BCUT2D eigenvalue weighted by atomic mass is 10.1. The van der Waals surface area contributed by atoms with Crippen LogP contribution < -0.4 is 10.0 Å². The lowest BCUT2D eigenvalue weighted by molar-refractivity contribution is -0.122. The lowest BCUT2D eigenvalue weighted by Gasteiger charge is -2.15. The largest absolute Gasteiger partial charge is 0.354 e. The first-order chi connectivity index (χ1) is 11.3. The van der Waals surface area contributed by atoms with Crippen LogP contribution in [0.3, 0.4) is 0 Å². The van der Waals surface area contributed by atoms with Crippen molar-refractivity contribution in [2.75, 3.05) is 6.54 Å². The van der Waals surface area contributed by atoms with E-state index in [4.69, 9.17) is 0 Å². The number of unbranched alkanes of at least 4 members (excludes halogenated alkanes) is 1. The first kappa shape index (κ1) is 18.4. The van der Waals surface area contributed by atoms with Crippen molar-refractivity contribution in [2.45, 2.75) is 51.0 Å². The first-order valence-electron chi connectivity index (χ1n) is 8.33. The predicted molar refractivity (Wildman–Crippen MR) is 94.5 cm³/mol. The first-order valence-corrected chi connectivity index (χ1v) is 9.81. The SMILES string of the molecule is CCCCC(N=C1NS(=O)(=O)c2ccccc21)C(=O)NCC(C)C. The van der Waals surface area contributed by atoms with E-state index < -0.39 is 16.1 Å². The van der Waals surface area contributed by atoms with Gasteiger partial charge in [-0.15, -0.1) is 0 Å². The highest BCUT2D eigenvalue weighted by Crippen LogP contribution is 2.23. The number of nitrogens with zero attached hydrogens (tertiary/aromatic N) is 1. The molecule has 2 N–H and O–H groups in total. The quantitative estimate of drug-likeness (QED) is 0.788. The predicted octanol–water partition coefficient (Wildman–Crippen LogP) is 2.06. The van der Waals surface area contributed by atoms with Gasteiger partial charge in [-0.1, -0.05) is 45.7 Å². The summed E-state index contributed by atoms with van der Waals surface area (Å²) in [4.78, 5) is 17.1. The molecule has 1 aromatic carbocycles. The number of benzene rings is 1. The molecule has 1 aliphatic heterocycles. The second-order valence-corrected chi connectivity index (χ2v) is 8.03. The van der Waals surface area contributed by atoms with Gasteiger partial charge in [0.25, 0.3) is 10.0 Å². The van der Waals surface area contributed by atoms with Gasteiger partial charge in [0.1, 0.15) is 11.9 Å². The molecule has 7 heteroatoms. The van der Waals surface area contributed by atoms with Crippen molar-refractivity contribution in [1.82, 2.24) is 10.0 Å². The Labute approximate surface area is 143 Å². The van der Waals surface area contributed by atoms with E-state index in [2.05, 4.69) is 15.0 Å². The Morgan fingerprint density at radius 1 is 1.29 bits per heavy atom. The van der Waals surface area contributed by atoms with E-state index in [1.165, 1.54) is 0 Å². The van der Waals surface area contributed by atoms with E-state index in [1.807, 2.05) is 20.8 Å². The maximum atomic E-state index is 12.4. The molecule has 1 aromatic rings. The number of sulfonamides is 1. The van der Waals surface area contributed by atoms with Gasteiger partial charge in [-0.05, 0) is 24.5 Å². The maximum absolute atomic E-state index is 12.4. The summed E-state index contributed by atoms with van der Waals surface area (Å²) in [6, 6.07) is 6.09. The fraction of sp³-hybridized carbons (Fsp3) is 0.529. The van der Waals surface area contributed by atoms with Gasteiger partial charge in [0.15, 0.2) is 0 Å². The van der Waals surface area contributed by atoms with Gasteiger partial charge in [-0.2, -0.15) is 0 Å². The van der Waals surface area contributed by atoms with E-state index >= 15 is 0 Å². The highest BCUT2D eigenvalue weighted by molar-refractivity contribution is 7.90. The molecule has 6 nitrogen and oxygen atoms in total. The molecule has 1 aliphatic rings. The fourth-order valence-corrected chi connectivity index (χ4v) is 3.70. The minimum atomic E-state index is -3.58. The average molecular weight is 351 g/mol. The zero-order valence-corrected chi connectivity index (χ0v) is 15.2. The molecule has 2 rings (SSSR count). The molecule has 1 amide bonds. The van der Waals surface area contributed by atoms with Crippen LogP contribution in [0.5, 0.6) is 0 Å². The van der Waals surface area contributed by atoms with E-state index in [0.717, 1.165) is 12.8 Å².